The lowest BCUT2D eigenvalue weighted by atomic mass is 10.1. The number of aryl methyl sites for hydroxylation is 2. The first-order chi connectivity index (χ1) is 9.13. The molecular weight excluding hydrogens is 282 g/mol. The summed E-state index contributed by atoms with van der Waals surface area (Å²) >= 11 is 2.92. The molecule has 3 heterocycles. The highest BCUT2D eigenvalue weighted by molar-refractivity contribution is 7.13. The van der Waals surface area contributed by atoms with Gasteiger partial charge in [-0.3, -0.25) is 4.79 Å². The lowest BCUT2D eigenvalue weighted by Gasteiger charge is -2.38. The SMILES string of the molecule is Cc1nc(C)c(C(=O)N2CC(Oc3nccs3)C2)s1. The molecule has 7 heteroatoms. The minimum Gasteiger partial charge on any atom is -0.463 e. The Hall–Kier alpha value is -1.47. The van der Waals surface area contributed by atoms with E-state index in [1.54, 1.807) is 11.1 Å². The minimum atomic E-state index is 0.0575. The van der Waals surface area contributed by atoms with Crippen molar-refractivity contribution in [3.8, 4) is 5.19 Å². The van der Waals surface area contributed by atoms with E-state index in [1.165, 1.54) is 22.7 Å². The van der Waals surface area contributed by atoms with Gasteiger partial charge in [-0.1, -0.05) is 11.3 Å². The van der Waals surface area contributed by atoms with Crippen LogP contribution in [0.25, 0.3) is 0 Å². The molecule has 1 aliphatic rings. The molecular formula is C12H13N3O2S2. The molecule has 1 saturated heterocycles. The largest absolute Gasteiger partial charge is 0.463 e. The van der Waals surface area contributed by atoms with Crippen LogP contribution in [0.5, 0.6) is 5.19 Å². The zero-order chi connectivity index (χ0) is 13.4. The molecule has 2 aromatic heterocycles. The van der Waals surface area contributed by atoms with Crippen LogP contribution in [-0.2, 0) is 0 Å². The molecule has 1 fully saturated rings. The fraction of sp³-hybridized carbons (Fsp3) is 0.417. The fourth-order valence-corrected chi connectivity index (χ4v) is 3.40. The van der Waals surface area contributed by atoms with E-state index in [1.807, 2.05) is 19.2 Å². The highest BCUT2D eigenvalue weighted by Crippen LogP contribution is 2.24. The second-order valence-corrected chi connectivity index (χ2v) is 6.46. The van der Waals surface area contributed by atoms with Crippen LogP contribution in [0.1, 0.15) is 20.4 Å². The number of hydrogen-bond donors (Lipinski definition) is 0. The summed E-state index contributed by atoms with van der Waals surface area (Å²) in [5.74, 6) is 0.0575. The first kappa shape index (κ1) is 12.6. The number of aromatic nitrogens is 2. The zero-order valence-corrected chi connectivity index (χ0v) is 12.3. The number of ether oxygens (including phenoxy) is 1. The van der Waals surface area contributed by atoms with Crippen molar-refractivity contribution in [2.75, 3.05) is 13.1 Å². The van der Waals surface area contributed by atoms with E-state index in [0.29, 0.717) is 18.3 Å². The van der Waals surface area contributed by atoms with Gasteiger partial charge in [-0.2, -0.15) is 0 Å². The van der Waals surface area contributed by atoms with Crippen molar-refractivity contribution in [2.24, 2.45) is 0 Å². The molecule has 0 aromatic carbocycles. The number of hydrogen-bond acceptors (Lipinski definition) is 6. The average molecular weight is 295 g/mol. The zero-order valence-electron chi connectivity index (χ0n) is 10.6. The molecule has 0 saturated carbocycles. The number of carbonyl (C=O) groups excluding carboxylic acids is 1. The van der Waals surface area contributed by atoms with Gasteiger partial charge in [0.25, 0.3) is 11.1 Å². The molecule has 0 unspecified atom stereocenters. The fourth-order valence-electron chi connectivity index (χ4n) is 1.96. The van der Waals surface area contributed by atoms with E-state index in [9.17, 15) is 4.79 Å². The Morgan fingerprint density at radius 3 is 2.84 bits per heavy atom. The smallest absolute Gasteiger partial charge is 0.273 e. The van der Waals surface area contributed by atoms with Crippen LogP contribution in [0, 0.1) is 13.8 Å². The molecule has 100 valence electrons. The number of amides is 1. The third-order valence-corrected chi connectivity index (χ3v) is 4.63. The summed E-state index contributed by atoms with van der Waals surface area (Å²) in [4.78, 5) is 23.1. The maximum absolute atomic E-state index is 12.2. The number of nitrogens with zero attached hydrogens (tertiary/aromatic N) is 3. The molecule has 3 rings (SSSR count). The molecule has 0 aliphatic carbocycles. The monoisotopic (exact) mass is 295 g/mol. The van der Waals surface area contributed by atoms with Crippen LogP contribution in [-0.4, -0.2) is 40.0 Å². The lowest BCUT2D eigenvalue weighted by molar-refractivity contribution is 0.0180. The van der Waals surface area contributed by atoms with E-state index >= 15 is 0 Å². The van der Waals surface area contributed by atoms with Crippen LogP contribution in [0.15, 0.2) is 11.6 Å². The molecule has 0 spiro atoms. The van der Waals surface area contributed by atoms with Crippen LogP contribution >= 0.6 is 22.7 Å². The topological polar surface area (TPSA) is 55.3 Å². The van der Waals surface area contributed by atoms with Gasteiger partial charge < -0.3 is 9.64 Å². The summed E-state index contributed by atoms with van der Waals surface area (Å²) in [5.41, 5.74) is 0.816. The second kappa shape index (κ2) is 4.90. The number of thiazole rings is 2. The normalized spacial score (nSPS) is 15.4. The quantitative estimate of drug-likeness (QED) is 0.870. The molecule has 2 aromatic rings. The van der Waals surface area contributed by atoms with E-state index in [0.717, 1.165) is 15.6 Å². The highest BCUT2D eigenvalue weighted by Gasteiger charge is 2.34. The van der Waals surface area contributed by atoms with E-state index in [2.05, 4.69) is 9.97 Å². The van der Waals surface area contributed by atoms with Gasteiger partial charge >= 0.3 is 0 Å². The van der Waals surface area contributed by atoms with Crippen molar-refractivity contribution >= 4 is 28.6 Å². The predicted molar refractivity (Wildman–Crippen MR) is 74.0 cm³/mol. The van der Waals surface area contributed by atoms with Gasteiger partial charge in [0.2, 0.25) is 0 Å². The highest BCUT2D eigenvalue weighted by atomic mass is 32.1. The van der Waals surface area contributed by atoms with Crippen LogP contribution < -0.4 is 4.74 Å². The number of rotatable bonds is 3. The standard InChI is InChI=1S/C12H13N3O2S2/c1-7-10(19-8(2)14-7)11(16)15-5-9(6-15)17-12-13-3-4-18-12/h3-4,9H,5-6H2,1-2H3. The van der Waals surface area contributed by atoms with Crippen molar-refractivity contribution < 1.29 is 9.53 Å². The Morgan fingerprint density at radius 2 is 2.26 bits per heavy atom. The Balaban J connectivity index is 1.58. The molecule has 19 heavy (non-hydrogen) atoms. The first-order valence-electron chi connectivity index (χ1n) is 5.93. The summed E-state index contributed by atoms with van der Waals surface area (Å²) < 4.78 is 5.64. The molecule has 1 aliphatic heterocycles. The van der Waals surface area contributed by atoms with Gasteiger partial charge in [0.1, 0.15) is 11.0 Å². The molecule has 1 amide bonds. The van der Waals surface area contributed by atoms with Gasteiger partial charge in [0.15, 0.2) is 0 Å². The van der Waals surface area contributed by atoms with Gasteiger partial charge in [0, 0.05) is 11.6 Å². The molecule has 0 atom stereocenters. The second-order valence-electron chi connectivity index (χ2n) is 4.40. The van der Waals surface area contributed by atoms with E-state index in [-0.39, 0.29) is 12.0 Å². The molecule has 5 nitrogen and oxygen atoms in total. The molecule has 0 bridgehead atoms. The van der Waals surface area contributed by atoms with Crippen LogP contribution in [0.2, 0.25) is 0 Å². The number of likely N-dealkylation sites (tertiary alicyclic amines) is 1. The summed E-state index contributed by atoms with van der Waals surface area (Å²) in [5, 5.41) is 3.47. The first-order valence-corrected chi connectivity index (χ1v) is 7.62. The molecule has 0 N–H and O–H groups in total. The van der Waals surface area contributed by atoms with Gasteiger partial charge in [-0.25, -0.2) is 9.97 Å². The average Bonchev–Trinajstić information content (AvgIpc) is 2.92. The summed E-state index contributed by atoms with van der Waals surface area (Å²) in [6.45, 7) is 5.03. The van der Waals surface area contributed by atoms with Gasteiger partial charge in [0.05, 0.1) is 23.8 Å². The minimum absolute atomic E-state index is 0.0575. The van der Waals surface area contributed by atoms with Crippen molar-refractivity contribution in [3.63, 3.8) is 0 Å². The van der Waals surface area contributed by atoms with Crippen molar-refractivity contribution in [2.45, 2.75) is 20.0 Å². The van der Waals surface area contributed by atoms with Crippen LogP contribution in [0.3, 0.4) is 0 Å². The van der Waals surface area contributed by atoms with Crippen molar-refractivity contribution in [1.29, 1.82) is 0 Å². The Kier molecular flexibility index (Phi) is 3.24. The van der Waals surface area contributed by atoms with Crippen molar-refractivity contribution in [3.05, 3.63) is 27.2 Å². The Bertz CT molecular complexity index is 588. The maximum Gasteiger partial charge on any atom is 0.273 e. The number of carbonyl (C=O) groups is 1. The molecule has 0 radical (unpaired) electrons. The van der Waals surface area contributed by atoms with Crippen LogP contribution in [0.4, 0.5) is 0 Å². The van der Waals surface area contributed by atoms with Gasteiger partial charge in [-0.05, 0) is 13.8 Å². The lowest BCUT2D eigenvalue weighted by Crippen LogP contribution is -2.56. The van der Waals surface area contributed by atoms with Gasteiger partial charge in [-0.15, -0.1) is 11.3 Å². The third-order valence-electron chi connectivity index (χ3n) is 2.91. The van der Waals surface area contributed by atoms with E-state index in [4.69, 9.17) is 4.74 Å². The van der Waals surface area contributed by atoms with Crippen molar-refractivity contribution in [1.82, 2.24) is 14.9 Å². The maximum atomic E-state index is 12.2. The summed E-state index contributed by atoms with van der Waals surface area (Å²) in [6.07, 6.45) is 1.77. The van der Waals surface area contributed by atoms with E-state index < -0.39 is 0 Å². The summed E-state index contributed by atoms with van der Waals surface area (Å²) in [7, 11) is 0. The Morgan fingerprint density at radius 1 is 1.47 bits per heavy atom. The third kappa shape index (κ3) is 2.48. The Labute approximate surface area is 118 Å². The summed E-state index contributed by atoms with van der Waals surface area (Å²) in [6, 6.07) is 0. The predicted octanol–water partition coefficient (Wildman–Crippen LogP) is 2.12.